The molecule has 6 atom stereocenters. The molecule has 4 aliphatic rings. The van der Waals surface area contributed by atoms with E-state index < -0.39 is 27.2 Å². The number of ether oxygens (including phenoxy) is 4. The van der Waals surface area contributed by atoms with Gasteiger partial charge in [0, 0.05) is 65.6 Å². The number of hydrogen-bond donors (Lipinski definition) is 1. The second-order valence-electron chi connectivity index (χ2n) is 24.1. The highest BCUT2D eigenvalue weighted by molar-refractivity contribution is 7.89. The van der Waals surface area contributed by atoms with E-state index in [2.05, 4.69) is 11.8 Å². The van der Waals surface area contributed by atoms with Gasteiger partial charge in [-0.25, -0.2) is 8.42 Å². The first-order valence-electron chi connectivity index (χ1n) is 27.7. The summed E-state index contributed by atoms with van der Waals surface area (Å²) in [5, 5.41) is 8.84. The molecule has 3 saturated carbocycles. The van der Waals surface area contributed by atoms with Crippen LogP contribution in [0.5, 0.6) is 5.75 Å². The first-order valence-corrected chi connectivity index (χ1v) is 29.1. The van der Waals surface area contributed by atoms with Crippen molar-refractivity contribution in [3.63, 3.8) is 0 Å². The van der Waals surface area contributed by atoms with E-state index in [9.17, 15) is 32.4 Å². The van der Waals surface area contributed by atoms with Crippen LogP contribution in [0.1, 0.15) is 149 Å². The van der Waals surface area contributed by atoms with Gasteiger partial charge < -0.3 is 38.8 Å². The van der Waals surface area contributed by atoms with E-state index in [4.69, 9.17) is 24.1 Å². The summed E-state index contributed by atoms with van der Waals surface area (Å²) >= 11 is 0. The van der Waals surface area contributed by atoms with Gasteiger partial charge in [0.25, 0.3) is 0 Å². The molecule has 2 amide bonds. The van der Waals surface area contributed by atoms with Crippen molar-refractivity contribution in [3.05, 3.63) is 59.2 Å². The summed E-state index contributed by atoms with van der Waals surface area (Å²) in [4.78, 5) is 66.0. The third kappa shape index (κ3) is 21.3. The van der Waals surface area contributed by atoms with Crippen molar-refractivity contribution in [1.82, 2.24) is 19.0 Å². The van der Waals surface area contributed by atoms with Crippen molar-refractivity contribution in [2.24, 2.45) is 35.5 Å². The minimum Gasteiger partial charge on any atom is -0.497 e. The number of likely N-dealkylation sites (tertiary alicyclic amines) is 1. The number of esters is 2. The number of carboxylic acids is 1. The van der Waals surface area contributed by atoms with E-state index in [1.807, 2.05) is 86.0 Å². The maximum atomic E-state index is 13.1. The van der Waals surface area contributed by atoms with Gasteiger partial charge in [0.1, 0.15) is 23.6 Å². The Kier molecular flexibility index (Phi) is 24.7. The monoisotopic (exact) mass is 1080 g/mol. The Balaban J connectivity index is 0.000000268. The molecule has 6 unspecified atom stereocenters. The van der Waals surface area contributed by atoms with Gasteiger partial charge in [-0.05, 0) is 192 Å². The lowest BCUT2D eigenvalue weighted by Gasteiger charge is -2.35. The Labute approximate surface area is 455 Å². The molecular formula is C59H94N4O12S. The molecule has 1 N–H and O–H groups in total. The number of methoxy groups -OCH3 is 1. The maximum absolute atomic E-state index is 13.1. The zero-order chi connectivity index (χ0) is 56.5. The van der Waals surface area contributed by atoms with Crippen LogP contribution in [-0.2, 0) is 54.8 Å². The van der Waals surface area contributed by atoms with E-state index in [-0.39, 0.29) is 72.1 Å². The van der Waals surface area contributed by atoms with Crippen LogP contribution < -0.4 is 4.74 Å². The summed E-state index contributed by atoms with van der Waals surface area (Å²) in [5.74, 6) is 1.23. The third-order valence-electron chi connectivity index (χ3n) is 15.1. The van der Waals surface area contributed by atoms with E-state index in [0.717, 1.165) is 43.7 Å². The van der Waals surface area contributed by atoms with E-state index >= 15 is 0 Å². The fourth-order valence-electron chi connectivity index (χ4n) is 11.1. The average molecular weight is 1080 g/mol. The van der Waals surface area contributed by atoms with E-state index in [0.29, 0.717) is 61.1 Å². The summed E-state index contributed by atoms with van der Waals surface area (Å²) in [7, 11) is 3.12. The minimum atomic E-state index is -3.68. The van der Waals surface area contributed by atoms with Crippen molar-refractivity contribution in [2.75, 3.05) is 67.6 Å². The number of amides is 2. The molecule has 16 nitrogen and oxygen atoms in total. The van der Waals surface area contributed by atoms with Crippen LogP contribution in [-0.4, -0.2) is 147 Å². The number of likely N-dealkylation sites (N-methyl/N-ethyl adjacent to an activating group) is 2. The summed E-state index contributed by atoms with van der Waals surface area (Å²) in [5.41, 5.74) is 1.51. The highest BCUT2D eigenvalue weighted by Gasteiger charge is 2.36. The van der Waals surface area contributed by atoms with Crippen molar-refractivity contribution in [2.45, 2.75) is 174 Å². The quantitative estimate of drug-likeness (QED) is 0.104. The molecule has 1 aliphatic heterocycles. The molecule has 17 heteroatoms. The highest BCUT2D eigenvalue weighted by atomic mass is 32.2. The first kappa shape index (κ1) is 63.9. The van der Waals surface area contributed by atoms with Crippen LogP contribution in [0.2, 0.25) is 0 Å². The van der Waals surface area contributed by atoms with Gasteiger partial charge in [0.2, 0.25) is 21.8 Å². The second kappa shape index (κ2) is 29.4. The minimum absolute atomic E-state index is 0.0335. The lowest BCUT2D eigenvalue weighted by atomic mass is 9.97. The van der Waals surface area contributed by atoms with E-state index in [1.165, 1.54) is 56.5 Å². The number of carboxylic acid groups (broad SMARTS) is 1. The number of rotatable bonds is 19. The van der Waals surface area contributed by atoms with Crippen LogP contribution in [0.15, 0.2) is 47.4 Å². The van der Waals surface area contributed by atoms with Crippen molar-refractivity contribution in [1.29, 1.82) is 0 Å². The molecule has 6 rings (SSSR count). The number of sulfonamides is 1. The SMILES string of the molecule is CC(C)(C)OC(=O)CC1CCC(C(=O)O)C1.CN(Cc1ccccc1)C(=O)C1CCC(CC(=O)OC(C)(C)C)C1.COc1cc(C)c(S(=O)(=O)N(C)CCOCC(=O)N(C)CC2CCC(N3CCC(C)CC3)C2)c(C)c1. The molecule has 2 aromatic carbocycles. The summed E-state index contributed by atoms with van der Waals surface area (Å²) in [6.07, 6.45) is 11.6. The molecule has 4 fully saturated rings. The Morgan fingerprint density at radius 3 is 1.75 bits per heavy atom. The molecule has 0 aromatic heterocycles. The topological polar surface area (TPSA) is 190 Å². The normalized spacial score (nSPS) is 22.2. The predicted molar refractivity (Wildman–Crippen MR) is 295 cm³/mol. The summed E-state index contributed by atoms with van der Waals surface area (Å²) < 4.78 is 48.9. The van der Waals surface area contributed by atoms with Crippen LogP contribution in [0, 0.1) is 49.4 Å². The van der Waals surface area contributed by atoms with Gasteiger partial charge in [-0.3, -0.25) is 24.0 Å². The molecular weight excluding hydrogens is 989 g/mol. The number of aliphatic carboxylic acids is 1. The van der Waals surface area contributed by atoms with Crippen molar-refractivity contribution >= 4 is 39.7 Å². The predicted octanol–water partition coefficient (Wildman–Crippen LogP) is 9.32. The zero-order valence-electron chi connectivity index (χ0n) is 48.4. The molecule has 3 aliphatic carbocycles. The van der Waals surface area contributed by atoms with Crippen LogP contribution >= 0.6 is 0 Å². The summed E-state index contributed by atoms with van der Waals surface area (Å²) in [6, 6.07) is 14.1. The molecule has 2 aromatic rings. The van der Waals surface area contributed by atoms with Gasteiger partial charge in [0.05, 0.1) is 24.5 Å². The second-order valence-corrected chi connectivity index (χ2v) is 26.1. The van der Waals surface area contributed by atoms with Gasteiger partial charge in [-0.2, -0.15) is 4.31 Å². The lowest BCUT2D eigenvalue weighted by molar-refractivity contribution is -0.157. The molecule has 0 radical (unpaired) electrons. The number of hydrogen-bond acceptors (Lipinski definition) is 12. The maximum Gasteiger partial charge on any atom is 0.306 e. The Bertz CT molecular complexity index is 2280. The number of piperidine rings is 1. The first-order chi connectivity index (χ1) is 35.5. The lowest BCUT2D eigenvalue weighted by Crippen LogP contribution is -2.40. The van der Waals surface area contributed by atoms with Gasteiger partial charge in [0.15, 0.2) is 0 Å². The fraction of sp³-hybridized carbons (Fsp3) is 0.712. The number of carbonyl (C=O) groups excluding carboxylic acids is 4. The molecule has 0 bridgehead atoms. The van der Waals surface area contributed by atoms with Gasteiger partial charge in [-0.1, -0.05) is 37.3 Å². The zero-order valence-corrected chi connectivity index (χ0v) is 49.2. The molecule has 428 valence electrons. The fourth-order valence-corrected chi connectivity index (χ4v) is 12.6. The van der Waals surface area contributed by atoms with Crippen molar-refractivity contribution < 1.29 is 56.4 Å². The Hall–Kier alpha value is -4.58. The molecule has 1 saturated heterocycles. The van der Waals surface area contributed by atoms with Gasteiger partial charge in [-0.15, -0.1) is 0 Å². The highest BCUT2D eigenvalue weighted by Crippen LogP contribution is 2.36. The number of carbonyl (C=O) groups is 5. The van der Waals surface area contributed by atoms with Crippen molar-refractivity contribution in [3.8, 4) is 5.75 Å². The van der Waals surface area contributed by atoms with Crippen LogP contribution in [0.4, 0.5) is 0 Å². The van der Waals surface area contributed by atoms with Gasteiger partial charge >= 0.3 is 17.9 Å². The molecule has 1 heterocycles. The number of benzene rings is 2. The van der Waals surface area contributed by atoms with E-state index in [1.54, 1.807) is 42.9 Å². The Morgan fingerprint density at radius 1 is 0.711 bits per heavy atom. The van der Waals surface area contributed by atoms with Crippen LogP contribution in [0.25, 0.3) is 0 Å². The Morgan fingerprint density at radius 2 is 1.24 bits per heavy atom. The number of aryl methyl sites for hydroxylation is 2. The third-order valence-corrected chi connectivity index (χ3v) is 17.3. The average Bonchev–Trinajstić information content (AvgIpc) is 4.12. The number of nitrogens with zero attached hydrogens (tertiary/aromatic N) is 4. The summed E-state index contributed by atoms with van der Waals surface area (Å²) in [6.45, 7) is 21.1. The van der Waals surface area contributed by atoms with Crippen LogP contribution in [0.3, 0.4) is 0 Å². The molecule has 0 spiro atoms. The standard InChI is InChI=1S/C27H45N3O5S.C20H29NO3.C12H20O4/c1-20-9-11-30(12-10-20)24-8-7-23(17-24)18-28(4)26(31)19-35-14-13-29(5)36(32,33)27-21(2)15-25(34-6)16-22(27)3;1-20(2,3)24-18(22)13-16-10-11-17(12-16)19(23)21(4)14-15-8-6-5-7-9-15;1-12(2,3)16-10(13)7-8-4-5-9(6-8)11(14)15/h15-16,20,23-24H,7-14,17-19H2,1-6H3;5-9,16-17H,10-14H2,1-4H3;8-9H,4-7H2,1-3H3,(H,14,15). The molecule has 76 heavy (non-hydrogen) atoms. The largest absolute Gasteiger partial charge is 0.497 e. The smallest absolute Gasteiger partial charge is 0.306 e.